The number of fused-ring (bicyclic) bond motifs is 1. The maximum atomic E-state index is 13.7. The zero-order valence-corrected chi connectivity index (χ0v) is 18.9. The number of halogens is 2. The topological polar surface area (TPSA) is 70.7 Å². The average molecular weight is 460 g/mol. The fourth-order valence-corrected chi connectivity index (χ4v) is 8.13. The molecule has 0 aromatic heterocycles. The van der Waals surface area contributed by atoms with Gasteiger partial charge >= 0.3 is 0 Å². The van der Waals surface area contributed by atoms with Gasteiger partial charge in [0.1, 0.15) is 12.8 Å². The Morgan fingerprint density at radius 1 is 1.17 bits per heavy atom. The predicted molar refractivity (Wildman–Crippen MR) is 115 cm³/mol. The molecule has 0 spiro atoms. The Hall–Kier alpha value is -0.570. The van der Waals surface area contributed by atoms with Crippen molar-refractivity contribution in [1.29, 1.82) is 0 Å². The van der Waals surface area contributed by atoms with E-state index in [1.54, 1.807) is 0 Å². The number of amides is 2. The molecule has 6 unspecified atom stereocenters. The van der Waals surface area contributed by atoms with Crippen LogP contribution in [0.3, 0.4) is 0 Å². The molecule has 0 aromatic carbocycles. The molecule has 0 radical (unpaired) electrons. The summed E-state index contributed by atoms with van der Waals surface area (Å²) in [5.74, 6) is 1.19. The Kier molecular flexibility index (Phi) is 5.52. The lowest BCUT2D eigenvalue weighted by Gasteiger charge is -2.70. The first kappa shape index (κ1) is 21.3. The van der Waals surface area contributed by atoms with Crippen LogP contribution in [0, 0.1) is 0 Å². The Morgan fingerprint density at radius 3 is 2.60 bits per heavy atom. The number of nitrogens with one attached hydrogen (secondary N) is 2. The van der Waals surface area contributed by atoms with Gasteiger partial charge < -0.3 is 15.4 Å². The molecule has 4 aliphatic carbocycles. The van der Waals surface area contributed by atoms with Crippen molar-refractivity contribution in [2.24, 2.45) is 0 Å². The summed E-state index contributed by atoms with van der Waals surface area (Å²) in [4.78, 5) is 27.4. The molecule has 9 heteroatoms. The van der Waals surface area contributed by atoms with Gasteiger partial charge in [-0.15, -0.1) is 11.6 Å². The SMILES string of the molecule is CN1C(C(=O)NC23CC(NC(=O)COC4CCC(Cl)C(F)C4)(C2)C3)CC2SCCC21. The summed E-state index contributed by atoms with van der Waals surface area (Å²) in [6.07, 6.45) is 4.73. The normalized spacial score (nSPS) is 47.2. The Balaban J connectivity index is 1.03. The number of nitrogens with zero attached hydrogens (tertiary/aromatic N) is 1. The van der Waals surface area contributed by atoms with E-state index in [-0.39, 0.29) is 48.1 Å². The number of rotatable bonds is 6. The van der Waals surface area contributed by atoms with Gasteiger partial charge in [-0.3, -0.25) is 14.5 Å². The zero-order chi connectivity index (χ0) is 21.1. The van der Waals surface area contributed by atoms with Crippen LogP contribution in [0.4, 0.5) is 4.39 Å². The first-order valence-corrected chi connectivity index (χ1v) is 12.6. The van der Waals surface area contributed by atoms with Gasteiger partial charge in [0.2, 0.25) is 11.8 Å². The molecule has 4 saturated carbocycles. The molecule has 6 aliphatic rings. The third-order valence-corrected chi connectivity index (χ3v) is 9.76. The summed E-state index contributed by atoms with van der Waals surface area (Å²) in [7, 11) is 2.08. The number of alkyl halides is 2. The molecular weight excluding hydrogens is 429 g/mol. The van der Waals surface area contributed by atoms with E-state index in [9.17, 15) is 14.0 Å². The highest BCUT2D eigenvalue weighted by atomic mass is 35.5. The van der Waals surface area contributed by atoms with Crippen LogP contribution in [0.1, 0.15) is 51.4 Å². The molecule has 6 nitrogen and oxygen atoms in total. The summed E-state index contributed by atoms with van der Waals surface area (Å²) in [5.41, 5.74) is -0.338. The lowest BCUT2D eigenvalue weighted by Crippen LogP contribution is -2.84. The van der Waals surface area contributed by atoms with Crippen LogP contribution in [0.25, 0.3) is 0 Å². The maximum absolute atomic E-state index is 13.7. The maximum Gasteiger partial charge on any atom is 0.246 e. The molecule has 2 amide bonds. The number of hydrogen-bond acceptors (Lipinski definition) is 5. The van der Waals surface area contributed by atoms with Gasteiger partial charge in [0.05, 0.1) is 17.5 Å². The summed E-state index contributed by atoms with van der Waals surface area (Å²) in [6, 6.07) is 0.514. The summed E-state index contributed by atoms with van der Waals surface area (Å²) >= 11 is 7.89. The zero-order valence-electron chi connectivity index (χ0n) is 17.4. The molecule has 2 N–H and O–H groups in total. The van der Waals surface area contributed by atoms with E-state index in [1.165, 1.54) is 12.2 Å². The van der Waals surface area contributed by atoms with E-state index < -0.39 is 11.5 Å². The van der Waals surface area contributed by atoms with Crippen LogP contribution in [0.2, 0.25) is 0 Å². The van der Waals surface area contributed by atoms with Crippen molar-refractivity contribution in [3.63, 3.8) is 0 Å². The van der Waals surface area contributed by atoms with E-state index in [0.717, 1.165) is 25.7 Å². The smallest absolute Gasteiger partial charge is 0.246 e. The van der Waals surface area contributed by atoms with E-state index in [0.29, 0.717) is 24.1 Å². The van der Waals surface area contributed by atoms with Gasteiger partial charge in [0, 0.05) is 28.8 Å². The molecule has 6 atom stereocenters. The van der Waals surface area contributed by atoms with E-state index >= 15 is 0 Å². The molecule has 2 aliphatic heterocycles. The number of thioether (sulfide) groups is 1. The molecule has 0 aromatic rings. The van der Waals surface area contributed by atoms with E-state index in [1.807, 2.05) is 11.8 Å². The van der Waals surface area contributed by atoms with Crippen LogP contribution in [0.15, 0.2) is 0 Å². The summed E-state index contributed by atoms with van der Waals surface area (Å²) in [5, 5.41) is 6.52. The number of ether oxygens (including phenoxy) is 1. The minimum atomic E-state index is -1.06. The molecule has 6 rings (SSSR count). The van der Waals surface area contributed by atoms with Gasteiger partial charge in [-0.25, -0.2) is 4.39 Å². The fraction of sp³-hybridized carbons (Fsp3) is 0.905. The predicted octanol–water partition coefficient (Wildman–Crippen LogP) is 1.99. The van der Waals surface area contributed by atoms with Crippen molar-refractivity contribution in [3.8, 4) is 0 Å². The third-order valence-electron chi connectivity index (χ3n) is 7.87. The minimum Gasteiger partial charge on any atom is -0.368 e. The lowest BCUT2D eigenvalue weighted by molar-refractivity contribution is -0.155. The molecule has 30 heavy (non-hydrogen) atoms. The van der Waals surface area contributed by atoms with Crippen molar-refractivity contribution in [2.45, 2.75) is 97.4 Å². The second kappa shape index (κ2) is 7.78. The lowest BCUT2D eigenvalue weighted by atomic mass is 9.44. The number of likely N-dealkylation sites (N-methyl/N-ethyl adjacent to an activating group) is 1. The Labute approximate surface area is 186 Å². The van der Waals surface area contributed by atoms with Crippen LogP contribution in [-0.4, -0.2) is 82.2 Å². The number of carbonyl (C=O) groups is 2. The fourth-order valence-electron chi connectivity index (χ4n) is 6.35. The summed E-state index contributed by atoms with van der Waals surface area (Å²) in [6.45, 7) is -0.0429. The van der Waals surface area contributed by atoms with E-state index in [4.69, 9.17) is 16.3 Å². The van der Waals surface area contributed by atoms with Crippen molar-refractivity contribution in [1.82, 2.24) is 15.5 Å². The van der Waals surface area contributed by atoms with Gasteiger partial charge in [-0.2, -0.15) is 11.8 Å². The largest absolute Gasteiger partial charge is 0.368 e. The Bertz CT molecular complexity index is 708. The highest BCUT2D eigenvalue weighted by molar-refractivity contribution is 8.00. The van der Waals surface area contributed by atoms with Gasteiger partial charge in [0.25, 0.3) is 0 Å². The van der Waals surface area contributed by atoms with Crippen molar-refractivity contribution in [2.75, 3.05) is 19.4 Å². The van der Waals surface area contributed by atoms with Crippen LogP contribution in [0.5, 0.6) is 0 Å². The number of likely N-dealkylation sites (tertiary alicyclic amines) is 1. The van der Waals surface area contributed by atoms with Gasteiger partial charge in [-0.1, -0.05) is 0 Å². The quantitative estimate of drug-likeness (QED) is 0.594. The van der Waals surface area contributed by atoms with Crippen molar-refractivity contribution < 1.29 is 18.7 Å². The highest BCUT2D eigenvalue weighted by Gasteiger charge is 2.69. The van der Waals surface area contributed by atoms with Crippen LogP contribution in [-0.2, 0) is 14.3 Å². The van der Waals surface area contributed by atoms with Gasteiger partial charge in [-0.05, 0) is 57.7 Å². The molecular formula is C21H31ClFN3O3S. The standard InChI is InChI=1S/C21H31ClFN3O3S/c1-26-15-4-5-30-17(15)7-16(26)19(28)25-21-9-20(10-21,11-21)24-18(27)8-29-12-2-3-13(22)14(23)6-12/h12-17H,2-11H2,1H3,(H,24,27)(H,25,28). The summed E-state index contributed by atoms with van der Waals surface area (Å²) < 4.78 is 19.3. The molecule has 168 valence electrons. The second-order valence-corrected chi connectivity index (χ2v) is 12.0. The second-order valence-electron chi connectivity index (χ2n) is 10.1. The highest BCUT2D eigenvalue weighted by Crippen LogP contribution is 2.60. The van der Waals surface area contributed by atoms with Crippen LogP contribution >= 0.6 is 23.4 Å². The monoisotopic (exact) mass is 459 g/mol. The van der Waals surface area contributed by atoms with Crippen molar-refractivity contribution >= 4 is 35.2 Å². The number of carbonyl (C=O) groups excluding carboxylic acids is 2. The number of hydrogen-bond donors (Lipinski definition) is 2. The van der Waals surface area contributed by atoms with Crippen LogP contribution < -0.4 is 10.6 Å². The van der Waals surface area contributed by atoms with Crippen molar-refractivity contribution in [3.05, 3.63) is 0 Å². The average Bonchev–Trinajstić information content (AvgIpc) is 3.23. The minimum absolute atomic E-state index is 0.0248. The molecule has 6 fully saturated rings. The molecule has 2 bridgehead atoms. The van der Waals surface area contributed by atoms with E-state index in [2.05, 4.69) is 22.6 Å². The molecule has 2 heterocycles. The van der Waals surface area contributed by atoms with Gasteiger partial charge in [0.15, 0.2) is 0 Å². The first-order chi connectivity index (χ1) is 14.3. The Morgan fingerprint density at radius 2 is 1.90 bits per heavy atom. The molecule has 2 saturated heterocycles. The third kappa shape index (κ3) is 3.76. The first-order valence-electron chi connectivity index (χ1n) is 11.1.